The fourth-order valence-electron chi connectivity index (χ4n) is 2.75. The molecule has 0 radical (unpaired) electrons. The van der Waals surface area contributed by atoms with Gasteiger partial charge in [-0.05, 0) is 48.9 Å². The molecule has 0 spiro atoms. The first-order valence-corrected chi connectivity index (χ1v) is 6.72. The maximum Gasteiger partial charge on any atom is 0.165 e. The minimum Gasteiger partial charge on any atom is -0.494 e. The van der Waals surface area contributed by atoms with Crippen molar-refractivity contribution >= 4 is 0 Å². The Kier molecular flexibility index (Phi) is 4.59. The van der Waals surface area contributed by atoms with Crippen LogP contribution in [0.25, 0.3) is 0 Å². The van der Waals surface area contributed by atoms with Crippen LogP contribution < -0.4 is 10.1 Å². The van der Waals surface area contributed by atoms with Crippen LogP contribution in [-0.2, 0) is 6.54 Å². The van der Waals surface area contributed by atoms with Crippen LogP contribution in [0.1, 0.15) is 31.7 Å². The van der Waals surface area contributed by atoms with Crippen molar-refractivity contribution in [2.75, 3.05) is 13.7 Å². The molecule has 1 aromatic rings. The Morgan fingerprint density at radius 3 is 2.83 bits per heavy atom. The first-order chi connectivity index (χ1) is 8.69. The molecule has 2 unspecified atom stereocenters. The normalized spacial score (nSPS) is 23.3. The third kappa shape index (κ3) is 3.45. The Bertz CT molecular complexity index is 394. The van der Waals surface area contributed by atoms with E-state index in [4.69, 9.17) is 4.74 Å². The van der Waals surface area contributed by atoms with Gasteiger partial charge in [-0.2, -0.15) is 0 Å². The maximum absolute atomic E-state index is 13.5. The summed E-state index contributed by atoms with van der Waals surface area (Å²) in [5.74, 6) is 1.69. The standard InChI is InChI=1S/C15H22FNO/c1-11-3-4-12(7-11)9-17-10-13-5-6-15(18-2)14(16)8-13/h5-6,8,11-12,17H,3-4,7,9-10H2,1-2H3. The van der Waals surface area contributed by atoms with Gasteiger partial charge in [-0.15, -0.1) is 0 Å². The lowest BCUT2D eigenvalue weighted by atomic mass is 10.1. The zero-order valence-electron chi connectivity index (χ0n) is 11.2. The van der Waals surface area contributed by atoms with Gasteiger partial charge in [0.25, 0.3) is 0 Å². The molecule has 0 bridgehead atoms. The van der Waals surface area contributed by atoms with Crippen LogP contribution in [0.15, 0.2) is 18.2 Å². The lowest BCUT2D eigenvalue weighted by molar-refractivity contribution is 0.386. The summed E-state index contributed by atoms with van der Waals surface area (Å²) in [5.41, 5.74) is 0.972. The molecule has 0 aliphatic heterocycles. The van der Waals surface area contributed by atoms with Gasteiger partial charge in [-0.3, -0.25) is 0 Å². The molecule has 18 heavy (non-hydrogen) atoms. The zero-order chi connectivity index (χ0) is 13.0. The van der Waals surface area contributed by atoms with Crippen molar-refractivity contribution in [1.29, 1.82) is 0 Å². The van der Waals surface area contributed by atoms with Gasteiger partial charge in [0.05, 0.1) is 7.11 Å². The smallest absolute Gasteiger partial charge is 0.165 e. The van der Waals surface area contributed by atoms with Crippen LogP contribution in [0.3, 0.4) is 0 Å². The van der Waals surface area contributed by atoms with Crippen molar-refractivity contribution in [3.05, 3.63) is 29.6 Å². The van der Waals surface area contributed by atoms with Crippen molar-refractivity contribution in [2.45, 2.75) is 32.7 Å². The zero-order valence-corrected chi connectivity index (χ0v) is 11.2. The van der Waals surface area contributed by atoms with Gasteiger partial charge >= 0.3 is 0 Å². The quantitative estimate of drug-likeness (QED) is 0.866. The van der Waals surface area contributed by atoms with Gasteiger partial charge in [-0.1, -0.05) is 19.4 Å². The number of hydrogen-bond donors (Lipinski definition) is 1. The van der Waals surface area contributed by atoms with Gasteiger partial charge in [0.15, 0.2) is 11.6 Å². The third-order valence-corrected chi connectivity index (χ3v) is 3.78. The van der Waals surface area contributed by atoms with E-state index in [1.165, 1.54) is 26.4 Å². The Morgan fingerprint density at radius 2 is 2.22 bits per heavy atom. The molecule has 0 saturated heterocycles. The minimum absolute atomic E-state index is 0.286. The van der Waals surface area contributed by atoms with Crippen molar-refractivity contribution in [1.82, 2.24) is 5.32 Å². The summed E-state index contributed by atoms with van der Waals surface area (Å²) in [4.78, 5) is 0. The van der Waals surface area contributed by atoms with Gasteiger partial charge < -0.3 is 10.1 Å². The van der Waals surface area contributed by atoms with Crippen LogP contribution in [0.5, 0.6) is 5.75 Å². The van der Waals surface area contributed by atoms with E-state index in [0.29, 0.717) is 5.75 Å². The summed E-state index contributed by atoms with van der Waals surface area (Å²) >= 11 is 0. The van der Waals surface area contributed by atoms with E-state index in [1.807, 2.05) is 6.07 Å². The summed E-state index contributed by atoms with van der Waals surface area (Å²) in [6.07, 6.45) is 4.00. The average Bonchev–Trinajstić information content (AvgIpc) is 2.75. The summed E-state index contributed by atoms with van der Waals surface area (Å²) in [7, 11) is 1.48. The largest absolute Gasteiger partial charge is 0.494 e. The first-order valence-electron chi connectivity index (χ1n) is 6.72. The van der Waals surface area contributed by atoms with E-state index < -0.39 is 0 Å². The SMILES string of the molecule is COc1ccc(CNCC2CCC(C)C2)cc1F. The Balaban J connectivity index is 1.78. The fraction of sp³-hybridized carbons (Fsp3) is 0.600. The minimum atomic E-state index is -0.286. The molecule has 100 valence electrons. The average molecular weight is 251 g/mol. The van der Waals surface area contributed by atoms with Crippen LogP contribution in [0.2, 0.25) is 0 Å². The van der Waals surface area contributed by atoms with Gasteiger partial charge in [0, 0.05) is 6.54 Å². The van der Waals surface area contributed by atoms with Crippen LogP contribution in [0, 0.1) is 17.7 Å². The van der Waals surface area contributed by atoms with E-state index >= 15 is 0 Å². The van der Waals surface area contributed by atoms with Gasteiger partial charge in [0.2, 0.25) is 0 Å². The molecule has 1 aliphatic carbocycles. The molecule has 2 atom stereocenters. The van der Waals surface area contributed by atoms with Crippen LogP contribution in [0.4, 0.5) is 4.39 Å². The number of ether oxygens (including phenoxy) is 1. The van der Waals surface area contributed by atoms with E-state index in [0.717, 1.165) is 30.5 Å². The van der Waals surface area contributed by atoms with Gasteiger partial charge in [-0.25, -0.2) is 4.39 Å². The number of rotatable bonds is 5. The van der Waals surface area contributed by atoms with Crippen molar-refractivity contribution in [2.24, 2.45) is 11.8 Å². The molecule has 1 fully saturated rings. The second-order valence-corrected chi connectivity index (χ2v) is 5.38. The van der Waals surface area contributed by atoms with E-state index in [1.54, 1.807) is 12.1 Å². The molecule has 1 aliphatic rings. The summed E-state index contributed by atoms with van der Waals surface area (Å²) in [5, 5.41) is 3.42. The lowest BCUT2D eigenvalue weighted by Crippen LogP contribution is -2.21. The van der Waals surface area contributed by atoms with Crippen molar-refractivity contribution in [3.8, 4) is 5.75 Å². The van der Waals surface area contributed by atoms with Crippen molar-refractivity contribution in [3.63, 3.8) is 0 Å². The Hall–Kier alpha value is -1.09. The first kappa shape index (κ1) is 13.3. The van der Waals surface area contributed by atoms with E-state index in [9.17, 15) is 4.39 Å². The molecule has 0 aromatic heterocycles. The Labute approximate surface area is 109 Å². The van der Waals surface area contributed by atoms with Gasteiger partial charge in [0.1, 0.15) is 0 Å². The fourth-order valence-corrected chi connectivity index (χ4v) is 2.75. The second-order valence-electron chi connectivity index (χ2n) is 5.38. The number of benzene rings is 1. The predicted octanol–water partition coefficient (Wildman–Crippen LogP) is 3.36. The molecule has 0 heterocycles. The molecule has 0 amide bonds. The molecule has 2 nitrogen and oxygen atoms in total. The summed E-state index contributed by atoms with van der Waals surface area (Å²) < 4.78 is 18.4. The molecule has 3 heteroatoms. The van der Waals surface area contributed by atoms with Crippen molar-refractivity contribution < 1.29 is 9.13 Å². The molecular formula is C15H22FNO. The summed E-state index contributed by atoms with van der Waals surface area (Å²) in [6.45, 7) is 4.09. The highest BCUT2D eigenvalue weighted by molar-refractivity contribution is 5.29. The van der Waals surface area contributed by atoms with Crippen LogP contribution in [-0.4, -0.2) is 13.7 Å². The van der Waals surface area contributed by atoms with Crippen LogP contribution >= 0.6 is 0 Å². The molecule has 1 saturated carbocycles. The van der Waals surface area contributed by atoms with E-state index in [-0.39, 0.29) is 5.82 Å². The maximum atomic E-state index is 13.5. The third-order valence-electron chi connectivity index (χ3n) is 3.78. The highest BCUT2D eigenvalue weighted by Crippen LogP contribution is 2.29. The highest BCUT2D eigenvalue weighted by atomic mass is 19.1. The molecule has 2 rings (SSSR count). The van der Waals surface area contributed by atoms with E-state index in [2.05, 4.69) is 12.2 Å². The Morgan fingerprint density at radius 1 is 1.39 bits per heavy atom. The predicted molar refractivity (Wildman–Crippen MR) is 71.2 cm³/mol. The molecule has 1 N–H and O–H groups in total. The highest BCUT2D eigenvalue weighted by Gasteiger charge is 2.20. The number of halogens is 1. The lowest BCUT2D eigenvalue weighted by Gasteiger charge is -2.11. The monoisotopic (exact) mass is 251 g/mol. The number of hydrogen-bond acceptors (Lipinski definition) is 2. The second kappa shape index (κ2) is 6.19. The molecule has 1 aromatic carbocycles. The topological polar surface area (TPSA) is 21.3 Å². The molecular weight excluding hydrogens is 229 g/mol. The summed E-state index contributed by atoms with van der Waals surface area (Å²) in [6, 6.07) is 5.14. The number of methoxy groups -OCH3 is 1. The number of nitrogens with one attached hydrogen (secondary N) is 1.